The molecule has 0 radical (unpaired) electrons. The van der Waals surface area contributed by atoms with Crippen molar-refractivity contribution in [3.8, 4) is 11.8 Å². The van der Waals surface area contributed by atoms with Crippen LogP contribution in [-0.4, -0.2) is 16.9 Å². The summed E-state index contributed by atoms with van der Waals surface area (Å²) in [5.74, 6) is 1.54. The third kappa shape index (κ3) is 2.38. The van der Waals surface area contributed by atoms with Gasteiger partial charge in [-0.1, -0.05) is 0 Å². The van der Waals surface area contributed by atoms with Gasteiger partial charge in [0.15, 0.2) is 0 Å². The molecule has 1 aromatic carbocycles. The Bertz CT molecular complexity index is 652. The molecule has 0 spiro atoms. The molecule has 0 saturated carbocycles. The van der Waals surface area contributed by atoms with Crippen LogP contribution in [0.5, 0.6) is 5.75 Å². The molecule has 0 aliphatic carbocycles. The first-order chi connectivity index (χ1) is 9.06. The van der Waals surface area contributed by atoms with E-state index < -0.39 is 0 Å². The summed E-state index contributed by atoms with van der Waals surface area (Å²) in [4.78, 5) is 0. The zero-order valence-electron chi connectivity index (χ0n) is 11.5. The van der Waals surface area contributed by atoms with Crippen molar-refractivity contribution in [1.29, 1.82) is 5.26 Å². The molecule has 0 unspecified atom stereocenters. The third-order valence-electron chi connectivity index (χ3n) is 2.99. The second kappa shape index (κ2) is 5.02. The zero-order valence-corrected chi connectivity index (χ0v) is 11.5. The smallest absolute Gasteiger partial charge is 0.146 e. The second-order valence-electron chi connectivity index (χ2n) is 4.35. The molecule has 0 bridgehead atoms. The Morgan fingerprint density at radius 2 is 2.11 bits per heavy atom. The van der Waals surface area contributed by atoms with Crippen molar-refractivity contribution < 1.29 is 4.74 Å². The third-order valence-corrected chi connectivity index (χ3v) is 2.99. The van der Waals surface area contributed by atoms with E-state index in [-0.39, 0.29) is 0 Å². The summed E-state index contributed by atoms with van der Waals surface area (Å²) >= 11 is 0. The lowest BCUT2D eigenvalue weighted by atomic mass is 10.2. The fourth-order valence-electron chi connectivity index (χ4n) is 2.03. The molecule has 19 heavy (non-hydrogen) atoms. The van der Waals surface area contributed by atoms with Gasteiger partial charge in [0.1, 0.15) is 23.2 Å². The van der Waals surface area contributed by atoms with Crippen LogP contribution in [0.4, 0.5) is 11.5 Å². The fourth-order valence-corrected chi connectivity index (χ4v) is 2.03. The quantitative estimate of drug-likeness (QED) is 0.917. The van der Waals surface area contributed by atoms with Crippen LogP contribution < -0.4 is 10.1 Å². The number of hydrogen-bond acceptors (Lipinski definition) is 4. The maximum atomic E-state index is 9.16. The minimum absolute atomic E-state index is 0.566. The number of nitrogens with one attached hydrogen (secondary N) is 1. The molecular formula is C14H16N4O. The Kier molecular flexibility index (Phi) is 3.43. The Morgan fingerprint density at radius 1 is 1.37 bits per heavy atom. The number of ether oxygens (including phenoxy) is 1. The number of anilines is 2. The number of hydrogen-bond donors (Lipinski definition) is 1. The zero-order chi connectivity index (χ0) is 14.0. The average Bonchev–Trinajstić information content (AvgIpc) is 2.64. The van der Waals surface area contributed by atoms with Gasteiger partial charge in [-0.25, -0.2) is 0 Å². The van der Waals surface area contributed by atoms with E-state index in [1.807, 2.05) is 39.1 Å². The summed E-state index contributed by atoms with van der Waals surface area (Å²) in [5, 5.41) is 16.6. The molecule has 0 aliphatic heterocycles. The van der Waals surface area contributed by atoms with Crippen molar-refractivity contribution in [3.05, 3.63) is 35.0 Å². The van der Waals surface area contributed by atoms with E-state index in [1.165, 1.54) is 0 Å². The molecule has 0 aliphatic rings. The lowest BCUT2D eigenvalue weighted by Crippen LogP contribution is -2.01. The predicted octanol–water partition coefficient (Wildman–Crippen LogP) is 2.66. The van der Waals surface area contributed by atoms with Crippen molar-refractivity contribution in [2.45, 2.75) is 13.8 Å². The highest BCUT2D eigenvalue weighted by Crippen LogP contribution is 2.26. The standard InChI is InChI=1S/C14H16N4O/c1-9-7-11(5-6-13(9)19-4)16-14-12(8-15)10(2)17-18(14)3/h5-7,16H,1-4H3. The van der Waals surface area contributed by atoms with Gasteiger partial charge in [0.2, 0.25) is 0 Å². The van der Waals surface area contributed by atoms with Gasteiger partial charge in [-0.15, -0.1) is 0 Å². The lowest BCUT2D eigenvalue weighted by Gasteiger charge is -2.10. The topological polar surface area (TPSA) is 62.9 Å². The fraction of sp³-hybridized carbons (Fsp3) is 0.286. The van der Waals surface area contributed by atoms with Crippen molar-refractivity contribution in [1.82, 2.24) is 9.78 Å². The number of aromatic nitrogens is 2. The first kappa shape index (κ1) is 13.0. The number of rotatable bonds is 3. The van der Waals surface area contributed by atoms with Gasteiger partial charge < -0.3 is 10.1 Å². The second-order valence-corrected chi connectivity index (χ2v) is 4.35. The van der Waals surface area contributed by atoms with Crippen molar-refractivity contribution >= 4 is 11.5 Å². The Morgan fingerprint density at radius 3 is 2.68 bits per heavy atom. The number of methoxy groups -OCH3 is 1. The van der Waals surface area contributed by atoms with E-state index in [1.54, 1.807) is 11.8 Å². The van der Waals surface area contributed by atoms with Crippen molar-refractivity contribution in [2.24, 2.45) is 7.05 Å². The molecule has 2 rings (SSSR count). The number of benzene rings is 1. The van der Waals surface area contributed by atoms with Crippen LogP contribution in [0.15, 0.2) is 18.2 Å². The molecule has 0 fully saturated rings. The number of aryl methyl sites for hydroxylation is 3. The Balaban J connectivity index is 2.37. The van der Waals surface area contributed by atoms with Crippen LogP contribution >= 0.6 is 0 Å². The van der Waals surface area contributed by atoms with Gasteiger partial charge in [-0.2, -0.15) is 10.4 Å². The van der Waals surface area contributed by atoms with E-state index in [4.69, 9.17) is 10.00 Å². The van der Waals surface area contributed by atoms with E-state index in [2.05, 4.69) is 16.5 Å². The van der Waals surface area contributed by atoms with Crippen LogP contribution in [0.1, 0.15) is 16.8 Å². The summed E-state index contributed by atoms with van der Waals surface area (Å²) in [7, 11) is 3.46. The van der Waals surface area contributed by atoms with Gasteiger partial charge in [0.25, 0.3) is 0 Å². The molecule has 98 valence electrons. The molecule has 5 nitrogen and oxygen atoms in total. The molecule has 0 saturated heterocycles. The van der Waals surface area contributed by atoms with Gasteiger partial charge >= 0.3 is 0 Å². The van der Waals surface area contributed by atoms with E-state index in [0.717, 1.165) is 22.7 Å². The van der Waals surface area contributed by atoms with Crippen LogP contribution in [0, 0.1) is 25.2 Å². The molecule has 1 aromatic heterocycles. The first-order valence-electron chi connectivity index (χ1n) is 5.92. The summed E-state index contributed by atoms with van der Waals surface area (Å²) in [5.41, 5.74) is 3.22. The monoisotopic (exact) mass is 256 g/mol. The normalized spacial score (nSPS) is 10.1. The van der Waals surface area contributed by atoms with Crippen LogP contribution in [0.3, 0.4) is 0 Å². The minimum Gasteiger partial charge on any atom is -0.496 e. The van der Waals surface area contributed by atoms with E-state index in [0.29, 0.717) is 11.4 Å². The van der Waals surface area contributed by atoms with Gasteiger partial charge in [-0.05, 0) is 37.6 Å². The van der Waals surface area contributed by atoms with Crippen LogP contribution in [0.25, 0.3) is 0 Å². The molecule has 5 heteroatoms. The highest BCUT2D eigenvalue weighted by Gasteiger charge is 2.13. The lowest BCUT2D eigenvalue weighted by molar-refractivity contribution is 0.412. The predicted molar refractivity (Wildman–Crippen MR) is 73.7 cm³/mol. The molecule has 1 heterocycles. The van der Waals surface area contributed by atoms with Crippen molar-refractivity contribution in [2.75, 3.05) is 12.4 Å². The minimum atomic E-state index is 0.566. The van der Waals surface area contributed by atoms with Crippen molar-refractivity contribution in [3.63, 3.8) is 0 Å². The summed E-state index contributed by atoms with van der Waals surface area (Å²) < 4.78 is 6.90. The van der Waals surface area contributed by atoms with E-state index in [9.17, 15) is 0 Å². The SMILES string of the molecule is COc1ccc(Nc2c(C#N)c(C)nn2C)cc1C. The number of nitrogens with zero attached hydrogens (tertiary/aromatic N) is 3. The molecule has 0 atom stereocenters. The van der Waals surface area contributed by atoms with Gasteiger partial charge in [0, 0.05) is 12.7 Å². The Labute approximate surface area is 112 Å². The largest absolute Gasteiger partial charge is 0.496 e. The molecular weight excluding hydrogens is 240 g/mol. The number of nitriles is 1. The van der Waals surface area contributed by atoms with Gasteiger partial charge in [-0.3, -0.25) is 4.68 Å². The van der Waals surface area contributed by atoms with Crippen LogP contribution in [-0.2, 0) is 7.05 Å². The maximum absolute atomic E-state index is 9.16. The molecule has 1 N–H and O–H groups in total. The highest BCUT2D eigenvalue weighted by atomic mass is 16.5. The summed E-state index contributed by atoms with van der Waals surface area (Å²) in [6.07, 6.45) is 0. The maximum Gasteiger partial charge on any atom is 0.146 e. The summed E-state index contributed by atoms with van der Waals surface area (Å²) in [6, 6.07) is 7.95. The first-order valence-corrected chi connectivity index (χ1v) is 5.92. The highest BCUT2D eigenvalue weighted by molar-refractivity contribution is 5.65. The van der Waals surface area contributed by atoms with Gasteiger partial charge in [0.05, 0.1) is 12.8 Å². The van der Waals surface area contributed by atoms with Crippen LogP contribution in [0.2, 0.25) is 0 Å². The average molecular weight is 256 g/mol. The Hall–Kier alpha value is -2.48. The molecule has 2 aromatic rings. The summed E-state index contributed by atoms with van der Waals surface area (Å²) in [6.45, 7) is 3.80. The van der Waals surface area contributed by atoms with E-state index >= 15 is 0 Å². The molecule has 0 amide bonds.